The second-order valence-electron chi connectivity index (χ2n) is 1.39. The summed E-state index contributed by atoms with van der Waals surface area (Å²) in [5.74, 6) is 0. The van der Waals surface area contributed by atoms with Gasteiger partial charge in [0, 0.05) is 111 Å². The first-order valence-corrected chi connectivity index (χ1v) is 6.03. The third-order valence-corrected chi connectivity index (χ3v) is 1.57. The van der Waals surface area contributed by atoms with E-state index < -0.39 is 16.1 Å². The second kappa shape index (κ2) is 17.1. The van der Waals surface area contributed by atoms with Crippen LogP contribution < -0.4 is 0 Å². The minimum absolute atomic E-state index is 0. The molecule has 0 amide bonds. The molecule has 0 aromatic carbocycles. The van der Waals surface area contributed by atoms with E-state index in [4.69, 9.17) is 0 Å². The van der Waals surface area contributed by atoms with Crippen molar-refractivity contribution >= 4 is 16.1 Å². The van der Waals surface area contributed by atoms with E-state index in [1.807, 2.05) is 0 Å². The van der Waals surface area contributed by atoms with Crippen LogP contribution in [0.5, 0.6) is 0 Å². The molecule has 0 saturated heterocycles. The first-order chi connectivity index (χ1) is 4.13. The molecule has 0 aliphatic carbocycles. The van der Waals surface area contributed by atoms with Gasteiger partial charge in [-0.15, -0.1) is 0 Å². The van der Waals surface area contributed by atoms with Gasteiger partial charge in [0.15, 0.2) is 22.8 Å². The van der Waals surface area contributed by atoms with Gasteiger partial charge in [-0.3, -0.25) is 9.13 Å². The van der Waals surface area contributed by atoms with Crippen molar-refractivity contribution in [2.45, 2.75) is 0 Å². The quantitative estimate of drug-likeness (QED) is 0.489. The zero-order valence-electron chi connectivity index (χ0n) is 7.07. The number of rotatable bonds is 4. The zero-order chi connectivity index (χ0) is 7.28. The molecule has 12 heavy (non-hydrogen) atoms. The summed E-state index contributed by atoms with van der Waals surface area (Å²) < 4.78 is 29.4. The van der Waals surface area contributed by atoms with E-state index >= 15 is 0 Å². The van der Waals surface area contributed by atoms with Crippen molar-refractivity contribution in [3.8, 4) is 0 Å². The molecule has 0 heterocycles. The van der Waals surface area contributed by atoms with Crippen LogP contribution in [0, 0.1) is 0 Å². The van der Waals surface area contributed by atoms with Crippen molar-refractivity contribution in [3.05, 3.63) is 0 Å². The Hall–Kier alpha value is 3.69. The largest absolute Gasteiger partial charge is 0.303 e. The summed E-state index contributed by atoms with van der Waals surface area (Å²) in [4.78, 5) is 0. The van der Waals surface area contributed by atoms with Gasteiger partial charge >= 0.3 is 0 Å². The summed E-state index contributed by atoms with van der Waals surface area (Å²) in [6.45, 7) is 2.77. The molecule has 0 aromatic rings. The second-order valence-corrected chi connectivity index (χ2v) is 3.93. The third-order valence-electron chi connectivity index (χ3n) is 0.524. The van der Waals surface area contributed by atoms with Crippen LogP contribution in [0.2, 0.25) is 0 Å². The fourth-order valence-corrected chi connectivity index (χ4v) is 0.763. The Morgan fingerprint density at radius 2 is 1.17 bits per heavy atom. The Balaban J connectivity index is -0.000000107. The van der Waals surface area contributed by atoms with Gasteiger partial charge < -0.3 is 9.05 Å². The van der Waals surface area contributed by atoms with Gasteiger partial charge in [-0.1, -0.05) is 0 Å². The van der Waals surface area contributed by atoms with Crippen LogP contribution in [-0.4, -0.2) is 20.1 Å². The van der Waals surface area contributed by atoms with E-state index in [2.05, 4.69) is 9.05 Å². The molecule has 65 valence electrons. The average molecular weight is 439 g/mol. The van der Waals surface area contributed by atoms with Crippen LogP contribution in [0.3, 0.4) is 0 Å². The Kier molecular flexibility index (Phi) is 35.3. The van der Waals surface area contributed by atoms with Gasteiger partial charge in [0.1, 0.15) is 0 Å². The standard InChI is InChI=1S/C3H10O4P2.3Y/c1-8(4)6-3-7-9(2)5;;;/h8-9H,3H2,1-2H3;;;. The van der Waals surface area contributed by atoms with E-state index in [-0.39, 0.29) is 105 Å². The van der Waals surface area contributed by atoms with Crippen LogP contribution in [0.1, 0.15) is 0 Å². The predicted molar refractivity (Wildman–Crippen MR) is 36.9 cm³/mol. The minimum atomic E-state index is -1.93. The molecule has 2 unspecified atom stereocenters. The summed E-state index contributed by atoms with van der Waals surface area (Å²) in [6.07, 6.45) is 0. The van der Waals surface area contributed by atoms with Crippen LogP contribution in [0.15, 0.2) is 0 Å². The topological polar surface area (TPSA) is 52.6 Å². The maximum Gasteiger partial charge on any atom is 0.190 e. The van der Waals surface area contributed by atoms with Crippen molar-refractivity contribution < 1.29 is 116 Å². The minimum Gasteiger partial charge on any atom is -0.303 e. The maximum atomic E-state index is 10.2. The monoisotopic (exact) mass is 439 g/mol. The number of hydrogen-bond acceptors (Lipinski definition) is 4. The Morgan fingerprint density at radius 1 is 0.917 bits per heavy atom. The van der Waals surface area contributed by atoms with Gasteiger partial charge in [0.25, 0.3) is 0 Å². The molecule has 0 aliphatic rings. The van der Waals surface area contributed by atoms with Gasteiger partial charge in [-0.05, 0) is 0 Å². The molecule has 0 aromatic heterocycles. The molecule has 0 N–H and O–H groups in total. The van der Waals surface area contributed by atoms with Crippen LogP contribution in [0.25, 0.3) is 0 Å². The van der Waals surface area contributed by atoms with Gasteiger partial charge in [0.2, 0.25) is 0 Å². The zero-order valence-corrected chi connectivity index (χ0v) is 17.6. The molecule has 0 spiro atoms. The fraction of sp³-hybridized carbons (Fsp3) is 1.00. The Labute approximate surface area is 149 Å². The van der Waals surface area contributed by atoms with Crippen molar-refractivity contribution in [3.63, 3.8) is 0 Å². The molecule has 0 bridgehead atoms. The maximum absolute atomic E-state index is 10.2. The molecule has 4 nitrogen and oxygen atoms in total. The normalized spacial score (nSPS) is 12.8. The van der Waals surface area contributed by atoms with E-state index in [1.165, 1.54) is 13.3 Å². The van der Waals surface area contributed by atoms with Gasteiger partial charge in [0.05, 0.1) is 0 Å². The molecular formula is C3H10O4P2Y3. The van der Waals surface area contributed by atoms with Crippen LogP contribution >= 0.6 is 16.1 Å². The predicted octanol–water partition coefficient (Wildman–Crippen LogP) is 1.18. The molecule has 0 saturated carbocycles. The van der Waals surface area contributed by atoms with Gasteiger partial charge in [-0.25, -0.2) is 0 Å². The van der Waals surface area contributed by atoms with Gasteiger partial charge in [-0.2, -0.15) is 0 Å². The smallest absolute Gasteiger partial charge is 0.190 e. The van der Waals surface area contributed by atoms with Crippen LogP contribution in [-0.2, 0) is 116 Å². The molecule has 9 heteroatoms. The van der Waals surface area contributed by atoms with E-state index in [0.29, 0.717) is 0 Å². The fourth-order valence-electron chi connectivity index (χ4n) is 0.195. The molecule has 0 rings (SSSR count). The summed E-state index contributed by atoms with van der Waals surface area (Å²) in [6, 6.07) is 0. The molecule has 0 aliphatic heterocycles. The first kappa shape index (κ1) is 24.8. The molecule has 2 atom stereocenters. The Bertz CT molecular complexity index is 119. The van der Waals surface area contributed by atoms with E-state index in [0.717, 1.165) is 0 Å². The van der Waals surface area contributed by atoms with Crippen LogP contribution in [0.4, 0.5) is 0 Å². The van der Waals surface area contributed by atoms with Crippen molar-refractivity contribution in [1.82, 2.24) is 0 Å². The SMILES string of the molecule is C[PH](=O)OCO[PH](C)=O.[Y].[Y].[Y]. The molecule has 3 radical (unpaired) electrons. The molecule has 0 fully saturated rings. The summed E-state index contributed by atoms with van der Waals surface area (Å²) in [7, 11) is -3.86. The average Bonchev–Trinajstić information content (AvgIpc) is 1.63. The van der Waals surface area contributed by atoms with Crippen molar-refractivity contribution in [2.75, 3.05) is 20.1 Å². The number of hydrogen-bond donors (Lipinski definition) is 0. The van der Waals surface area contributed by atoms with Crippen molar-refractivity contribution in [2.24, 2.45) is 0 Å². The first-order valence-electron chi connectivity index (χ1n) is 2.39. The van der Waals surface area contributed by atoms with E-state index in [9.17, 15) is 9.13 Å². The van der Waals surface area contributed by atoms with E-state index in [1.54, 1.807) is 0 Å². The Morgan fingerprint density at radius 3 is 1.33 bits per heavy atom. The van der Waals surface area contributed by atoms with Crippen molar-refractivity contribution in [1.29, 1.82) is 0 Å². The summed E-state index contributed by atoms with van der Waals surface area (Å²) in [5, 5.41) is 0. The summed E-state index contributed by atoms with van der Waals surface area (Å²) in [5.41, 5.74) is 0. The third kappa shape index (κ3) is 23.5. The molecular weight excluding hydrogens is 429 g/mol. The summed E-state index contributed by atoms with van der Waals surface area (Å²) >= 11 is 0.